The Hall–Kier alpha value is -3.68. The Balaban J connectivity index is 1.52. The summed E-state index contributed by atoms with van der Waals surface area (Å²) in [6.07, 6.45) is 1.85. The number of nitrogen functional groups attached to an aromatic ring is 1. The van der Waals surface area contributed by atoms with Gasteiger partial charge in [0.05, 0.1) is 17.8 Å². The van der Waals surface area contributed by atoms with Crippen molar-refractivity contribution in [3.05, 3.63) is 71.3 Å². The first-order chi connectivity index (χ1) is 13.5. The predicted molar refractivity (Wildman–Crippen MR) is 102 cm³/mol. The standard InChI is InChI=1S/C20H17FN6O/c1-12-4-6-17(21)13(9-12)10-15(28)11-14-5-7-18(24-23-14)16-3-2-8-27-19(16)20(22)25-26-27/h2-9H,10-11,22H2,1H3. The number of carbonyl (C=O) groups is 1. The minimum Gasteiger partial charge on any atom is -0.380 e. The highest BCUT2D eigenvalue weighted by molar-refractivity contribution is 5.85. The summed E-state index contributed by atoms with van der Waals surface area (Å²) < 4.78 is 15.4. The van der Waals surface area contributed by atoms with Crippen molar-refractivity contribution >= 4 is 17.1 Å². The Bertz CT molecular complexity index is 1170. The predicted octanol–water partition coefficient (Wildman–Crippen LogP) is 2.57. The Morgan fingerprint density at radius 2 is 1.96 bits per heavy atom. The molecule has 0 radical (unpaired) electrons. The lowest BCUT2D eigenvalue weighted by Gasteiger charge is -2.06. The molecule has 28 heavy (non-hydrogen) atoms. The fourth-order valence-electron chi connectivity index (χ4n) is 3.09. The van der Waals surface area contributed by atoms with Gasteiger partial charge in [0.1, 0.15) is 17.1 Å². The van der Waals surface area contributed by atoms with Gasteiger partial charge in [0.2, 0.25) is 0 Å². The number of pyridine rings is 1. The molecule has 4 aromatic rings. The second kappa shape index (κ2) is 7.15. The van der Waals surface area contributed by atoms with Crippen LogP contribution < -0.4 is 5.73 Å². The van der Waals surface area contributed by atoms with Crippen LogP contribution in [-0.4, -0.2) is 30.8 Å². The molecule has 0 saturated carbocycles. The molecule has 8 heteroatoms. The van der Waals surface area contributed by atoms with Crippen LogP contribution >= 0.6 is 0 Å². The highest BCUT2D eigenvalue weighted by Crippen LogP contribution is 2.25. The zero-order valence-corrected chi connectivity index (χ0v) is 15.1. The fourth-order valence-corrected chi connectivity index (χ4v) is 3.09. The van der Waals surface area contributed by atoms with Crippen LogP contribution in [0, 0.1) is 12.7 Å². The highest BCUT2D eigenvalue weighted by Gasteiger charge is 2.13. The molecule has 0 atom stereocenters. The summed E-state index contributed by atoms with van der Waals surface area (Å²) in [6, 6.07) is 11.9. The van der Waals surface area contributed by atoms with Gasteiger partial charge in [-0.3, -0.25) is 4.79 Å². The van der Waals surface area contributed by atoms with E-state index in [1.54, 1.807) is 35.0 Å². The normalized spacial score (nSPS) is 11.1. The van der Waals surface area contributed by atoms with E-state index in [4.69, 9.17) is 5.73 Å². The Kier molecular flexibility index (Phi) is 4.52. The van der Waals surface area contributed by atoms with Crippen molar-refractivity contribution in [2.45, 2.75) is 19.8 Å². The average Bonchev–Trinajstić information content (AvgIpc) is 3.07. The van der Waals surface area contributed by atoms with Crippen molar-refractivity contribution in [2.75, 3.05) is 5.73 Å². The first kappa shape index (κ1) is 17.7. The van der Waals surface area contributed by atoms with Gasteiger partial charge in [-0.25, -0.2) is 8.91 Å². The summed E-state index contributed by atoms with van der Waals surface area (Å²) in [5.74, 6) is -0.199. The van der Waals surface area contributed by atoms with Crippen LogP contribution in [0.25, 0.3) is 16.8 Å². The molecule has 0 aliphatic heterocycles. The number of anilines is 1. The Morgan fingerprint density at radius 3 is 2.75 bits per heavy atom. The summed E-state index contributed by atoms with van der Waals surface area (Å²) in [6.45, 7) is 1.86. The van der Waals surface area contributed by atoms with Gasteiger partial charge in [-0.15, -0.1) is 5.10 Å². The third-order valence-corrected chi connectivity index (χ3v) is 4.43. The topological polar surface area (TPSA) is 99.1 Å². The maximum Gasteiger partial charge on any atom is 0.174 e. The first-order valence-corrected chi connectivity index (χ1v) is 8.70. The number of nitrogens with zero attached hydrogens (tertiary/aromatic N) is 5. The highest BCUT2D eigenvalue weighted by atomic mass is 19.1. The molecular formula is C20H17FN6O. The third kappa shape index (κ3) is 3.44. The molecule has 0 amide bonds. The number of nitrogens with two attached hydrogens (primary N) is 1. The molecule has 0 bridgehead atoms. The number of ketones is 1. The van der Waals surface area contributed by atoms with E-state index in [0.29, 0.717) is 28.3 Å². The first-order valence-electron chi connectivity index (χ1n) is 8.70. The molecule has 0 fully saturated rings. The van der Waals surface area contributed by atoms with Crippen LogP contribution in [0.5, 0.6) is 0 Å². The molecule has 0 aliphatic rings. The van der Waals surface area contributed by atoms with Gasteiger partial charge < -0.3 is 5.73 Å². The van der Waals surface area contributed by atoms with E-state index in [2.05, 4.69) is 20.5 Å². The van der Waals surface area contributed by atoms with Crippen molar-refractivity contribution in [1.29, 1.82) is 0 Å². The summed E-state index contributed by atoms with van der Waals surface area (Å²) in [5, 5.41) is 16.1. The molecule has 1 aromatic carbocycles. The fraction of sp³-hybridized carbons (Fsp3) is 0.150. The number of halogens is 1. The molecule has 0 saturated heterocycles. The van der Waals surface area contributed by atoms with Crippen LogP contribution in [-0.2, 0) is 17.6 Å². The van der Waals surface area contributed by atoms with Crippen LogP contribution in [0.15, 0.2) is 48.7 Å². The maximum atomic E-state index is 13.8. The van der Waals surface area contributed by atoms with Crippen molar-refractivity contribution in [2.24, 2.45) is 0 Å². The van der Waals surface area contributed by atoms with E-state index >= 15 is 0 Å². The second-order valence-corrected chi connectivity index (χ2v) is 6.59. The van der Waals surface area contributed by atoms with Crippen LogP contribution in [0.2, 0.25) is 0 Å². The van der Waals surface area contributed by atoms with Crippen LogP contribution in [0.3, 0.4) is 0 Å². The molecule has 4 rings (SSSR count). The number of benzene rings is 1. The van der Waals surface area contributed by atoms with Gasteiger partial charge in [0.25, 0.3) is 0 Å². The summed E-state index contributed by atoms with van der Waals surface area (Å²) in [4.78, 5) is 12.3. The molecule has 3 heterocycles. The summed E-state index contributed by atoms with van der Waals surface area (Å²) >= 11 is 0. The number of hydrogen-bond donors (Lipinski definition) is 1. The van der Waals surface area contributed by atoms with Gasteiger partial charge >= 0.3 is 0 Å². The number of aromatic nitrogens is 5. The lowest BCUT2D eigenvalue weighted by atomic mass is 10.0. The van der Waals surface area contributed by atoms with E-state index in [1.807, 2.05) is 19.1 Å². The van der Waals surface area contributed by atoms with E-state index in [-0.39, 0.29) is 24.4 Å². The van der Waals surface area contributed by atoms with Gasteiger partial charge in [0, 0.05) is 18.2 Å². The number of Topliss-reactive ketones (excluding diaryl/α,β-unsaturated/α-hetero) is 1. The monoisotopic (exact) mass is 376 g/mol. The quantitative estimate of drug-likeness (QED) is 0.575. The number of carbonyl (C=O) groups excluding carboxylic acids is 1. The Morgan fingerprint density at radius 1 is 1.11 bits per heavy atom. The molecule has 140 valence electrons. The van der Waals surface area contributed by atoms with Crippen molar-refractivity contribution < 1.29 is 9.18 Å². The Labute approximate surface area is 160 Å². The van der Waals surface area contributed by atoms with Gasteiger partial charge in [0.15, 0.2) is 5.82 Å². The van der Waals surface area contributed by atoms with E-state index < -0.39 is 0 Å². The molecule has 7 nitrogen and oxygen atoms in total. The molecular weight excluding hydrogens is 359 g/mol. The average molecular weight is 376 g/mol. The third-order valence-electron chi connectivity index (χ3n) is 4.43. The number of aryl methyl sites for hydroxylation is 1. The zero-order chi connectivity index (χ0) is 19.7. The number of rotatable bonds is 5. The van der Waals surface area contributed by atoms with Crippen molar-refractivity contribution in [1.82, 2.24) is 25.0 Å². The minimum absolute atomic E-state index is 0.0221. The van der Waals surface area contributed by atoms with E-state index in [1.165, 1.54) is 6.07 Å². The molecule has 3 aromatic heterocycles. The SMILES string of the molecule is Cc1ccc(F)c(CC(=O)Cc2ccc(-c3cccn4nnc(N)c34)nn2)c1. The second-order valence-electron chi connectivity index (χ2n) is 6.59. The smallest absolute Gasteiger partial charge is 0.174 e. The maximum absolute atomic E-state index is 13.8. The molecule has 0 unspecified atom stereocenters. The van der Waals surface area contributed by atoms with Gasteiger partial charge in [-0.05, 0) is 42.8 Å². The molecule has 0 aliphatic carbocycles. The lowest BCUT2D eigenvalue weighted by molar-refractivity contribution is -0.117. The number of hydrogen-bond acceptors (Lipinski definition) is 6. The van der Waals surface area contributed by atoms with Crippen LogP contribution in [0.4, 0.5) is 10.2 Å². The summed E-state index contributed by atoms with van der Waals surface area (Å²) in [5.41, 5.74) is 9.71. The number of fused-ring (bicyclic) bond motifs is 1. The largest absolute Gasteiger partial charge is 0.380 e. The van der Waals surface area contributed by atoms with E-state index in [0.717, 1.165) is 11.1 Å². The van der Waals surface area contributed by atoms with Crippen molar-refractivity contribution in [3.8, 4) is 11.3 Å². The van der Waals surface area contributed by atoms with Gasteiger partial charge in [-0.2, -0.15) is 10.2 Å². The van der Waals surface area contributed by atoms with Crippen LogP contribution in [0.1, 0.15) is 16.8 Å². The minimum atomic E-state index is -0.375. The van der Waals surface area contributed by atoms with E-state index in [9.17, 15) is 9.18 Å². The molecule has 0 spiro atoms. The molecule has 2 N–H and O–H groups in total. The lowest BCUT2D eigenvalue weighted by Crippen LogP contribution is -2.10. The zero-order valence-electron chi connectivity index (χ0n) is 15.1. The summed E-state index contributed by atoms with van der Waals surface area (Å²) in [7, 11) is 0. The van der Waals surface area contributed by atoms with Crippen molar-refractivity contribution in [3.63, 3.8) is 0 Å². The van der Waals surface area contributed by atoms with Gasteiger partial charge in [-0.1, -0.05) is 22.9 Å².